The van der Waals surface area contributed by atoms with E-state index >= 15 is 0 Å². The van der Waals surface area contributed by atoms with Crippen LogP contribution in [-0.2, 0) is 19.5 Å². The van der Waals surface area contributed by atoms with E-state index in [1.807, 2.05) is 26.0 Å². The first-order valence-electron chi connectivity index (χ1n) is 11.2. The number of ether oxygens (including phenoxy) is 1. The number of fused-ring (bicyclic) bond motifs is 1. The number of rotatable bonds is 7. The Morgan fingerprint density at radius 2 is 1.97 bits per heavy atom. The highest BCUT2D eigenvalue weighted by Gasteiger charge is 2.22. The normalized spacial score (nSPS) is 13.3. The minimum atomic E-state index is -0.427. The van der Waals surface area contributed by atoms with Crippen molar-refractivity contribution in [3.05, 3.63) is 70.2 Å². The molecule has 3 amide bonds. The van der Waals surface area contributed by atoms with Crippen LogP contribution in [0.15, 0.2) is 48.5 Å². The molecule has 1 aliphatic rings. The van der Waals surface area contributed by atoms with Gasteiger partial charge in [0.25, 0.3) is 5.91 Å². The zero-order valence-corrected chi connectivity index (χ0v) is 20.4. The van der Waals surface area contributed by atoms with Crippen LogP contribution in [0, 0.1) is 0 Å². The summed E-state index contributed by atoms with van der Waals surface area (Å²) >= 11 is 1.49. The largest absolute Gasteiger partial charge is 0.497 e. The van der Waals surface area contributed by atoms with Gasteiger partial charge < -0.3 is 15.4 Å². The number of urea groups is 1. The number of nitrogens with one attached hydrogen (secondary N) is 3. The molecule has 4 rings (SSSR count). The number of carbonyl (C=O) groups excluding carboxylic acids is 2. The predicted molar refractivity (Wildman–Crippen MR) is 135 cm³/mol. The van der Waals surface area contributed by atoms with Gasteiger partial charge in [0.1, 0.15) is 5.75 Å². The Morgan fingerprint density at radius 3 is 2.76 bits per heavy atom. The molecule has 2 heterocycles. The molecule has 0 unspecified atom stereocenters. The molecular formula is C25H29N5O3S. The number of anilines is 2. The van der Waals surface area contributed by atoms with Gasteiger partial charge in [-0.2, -0.15) is 0 Å². The van der Waals surface area contributed by atoms with Crippen LogP contribution in [-0.4, -0.2) is 41.5 Å². The first-order chi connectivity index (χ1) is 16.4. The minimum absolute atomic E-state index is 0.000456. The zero-order valence-electron chi connectivity index (χ0n) is 19.6. The number of thiazole rings is 1. The molecule has 0 saturated carbocycles. The number of benzene rings is 2. The van der Waals surface area contributed by atoms with E-state index in [1.165, 1.54) is 16.9 Å². The van der Waals surface area contributed by atoms with Crippen LogP contribution in [0.1, 0.15) is 40.3 Å². The summed E-state index contributed by atoms with van der Waals surface area (Å²) in [6.07, 6.45) is 0.831. The highest BCUT2D eigenvalue weighted by molar-refractivity contribution is 7.15. The topological polar surface area (TPSA) is 95.6 Å². The molecule has 0 saturated heterocycles. The third-order valence-electron chi connectivity index (χ3n) is 5.41. The molecule has 34 heavy (non-hydrogen) atoms. The van der Waals surface area contributed by atoms with Crippen molar-refractivity contribution in [3.8, 4) is 5.75 Å². The number of carbonyl (C=O) groups is 2. The van der Waals surface area contributed by atoms with Gasteiger partial charge in [-0.3, -0.25) is 15.0 Å². The first-order valence-corrected chi connectivity index (χ1v) is 12.0. The van der Waals surface area contributed by atoms with Crippen LogP contribution in [0.25, 0.3) is 0 Å². The van der Waals surface area contributed by atoms with Crippen molar-refractivity contribution in [1.29, 1.82) is 0 Å². The maximum absolute atomic E-state index is 12.6. The average molecular weight is 480 g/mol. The van der Waals surface area contributed by atoms with E-state index in [0.29, 0.717) is 16.4 Å². The van der Waals surface area contributed by atoms with Crippen molar-refractivity contribution in [2.45, 2.75) is 39.4 Å². The maximum Gasteiger partial charge on any atom is 0.325 e. The molecule has 0 bridgehead atoms. The molecule has 0 atom stereocenters. The fourth-order valence-corrected chi connectivity index (χ4v) is 4.89. The second kappa shape index (κ2) is 10.7. The van der Waals surface area contributed by atoms with Gasteiger partial charge in [-0.25, -0.2) is 9.78 Å². The van der Waals surface area contributed by atoms with Crippen molar-refractivity contribution >= 4 is 34.1 Å². The van der Waals surface area contributed by atoms with Crippen molar-refractivity contribution < 1.29 is 14.3 Å². The minimum Gasteiger partial charge on any atom is -0.497 e. The third kappa shape index (κ3) is 5.92. The van der Waals surface area contributed by atoms with E-state index < -0.39 is 6.03 Å². The van der Waals surface area contributed by atoms with Gasteiger partial charge >= 0.3 is 6.03 Å². The fourth-order valence-electron chi connectivity index (χ4n) is 3.85. The van der Waals surface area contributed by atoms with Crippen LogP contribution in [0.4, 0.5) is 15.6 Å². The Labute approximate surface area is 203 Å². The molecular weight excluding hydrogens is 450 g/mol. The van der Waals surface area contributed by atoms with Gasteiger partial charge in [-0.1, -0.05) is 24.3 Å². The van der Waals surface area contributed by atoms with Crippen LogP contribution in [0.3, 0.4) is 0 Å². The Balaban J connectivity index is 1.38. The van der Waals surface area contributed by atoms with Gasteiger partial charge in [0, 0.05) is 37.0 Å². The van der Waals surface area contributed by atoms with Gasteiger partial charge in [0.2, 0.25) is 0 Å². The van der Waals surface area contributed by atoms with Crippen molar-refractivity contribution in [2.75, 3.05) is 24.3 Å². The SMILES string of the molecule is COc1cccc(CN2CCc3nc(NC(=O)Nc4ccccc4C(=O)NC(C)C)sc3C2)c1. The number of para-hydroxylation sites is 1. The van der Waals surface area contributed by atoms with Crippen molar-refractivity contribution in [3.63, 3.8) is 0 Å². The molecule has 8 nitrogen and oxygen atoms in total. The van der Waals surface area contributed by atoms with E-state index in [4.69, 9.17) is 4.74 Å². The van der Waals surface area contributed by atoms with E-state index in [1.54, 1.807) is 31.4 Å². The van der Waals surface area contributed by atoms with Crippen LogP contribution in [0.5, 0.6) is 5.75 Å². The summed E-state index contributed by atoms with van der Waals surface area (Å²) in [6, 6.07) is 14.6. The molecule has 2 aromatic carbocycles. The lowest BCUT2D eigenvalue weighted by Crippen LogP contribution is -2.31. The summed E-state index contributed by atoms with van der Waals surface area (Å²) in [5, 5.41) is 9.01. The fraction of sp³-hybridized carbons (Fsp3) is 0.320. The highest BCUT2D eigenvalue weighted by atomic mass is 32.1. The average Bonchev–Trinajstić information content (AvgIpc) is 3.20. The second-order valence-electron chi connectivity index (χ2n) is 8.45. The molecule has 3 N–H and O–H groups in total. The van der Waals surface area contributed by atoms with Crippen molar-refractivity contribution in [1.82, 2.24) is 15.2 Å². The van der Waals surface area contributed by atoms with E-state index in [2.05, 4.69) is 38.0 Å². The number of hydrogen-bond donors (Lipinski definition) is 3. The molecule has 1 aromatic heterocycles. The predicted octanol–water partition coefficient (Wildman–Crippen LogP) is 4.49. The van der Waals surface area contributed by atoms with E-state index in [0.717, 1.165) is 42.4 Å². The Bertz CT molecular complexity index is 1180. The molecule has 0 radical (unpaired) electrons. The summed E-state index contributed by atoms with van der Waals surface area (Å²) in [5.41, 5.74) is 3.09. The number of aromatic nitrogens is 1. The highest BCUT2D eigenvalue weighted by Crippen LogP contribution is 2.29. The molecule has 178 valence electrons. The van der Waals surface area contributed by atoms with Gasteiger partial charge in [0.15, 0.2) is 5.13 Å². The summed E-state index contributed by atoms with van der Waals surface area (Å²) in [5.74, 6) is 0.625. The van der Waals surface area contributed by atoms with Crippen LogP contribution < -0.4 is 20.7 Å². The van der Waals surface area contributed by atoms with Crippen LogP contribution >= 0.6 is 11.3 Å². The van der Waals surface area contributed by atoms with E-state index in [-0.39, 0.29) is 11.9 Å². The lowest BCUT2D eigenvalue weighted by Gasteiger charge is -2.25. The quantitative estimate of drug-likeness (QED) is 0.464. The number of hydrogen-bond acceptors (Lipinski definition) is 6. The molecule has 0 fully saturated rings. The lowest BCUT2D eigenvalue weighted by atomic mass is 10.1. The molecule has 9 heteroatoms. The summed E-state index contributed by atoms with van der Waals surface area (Å²) in [4.78, 5) is 33.2. The monoisotopic (exact) mass is 479 g/mol. The number of amides is 3. The number of methoxy groups -OCH3 is 1. The third-order valence-corrected chi connectivity index (χ3v) is 6.41. The Hall–Kier alpha value is -3.43. The first kappa shape index (κ1) is 23.7. The zero-order chi connectivity index (χ0) is 24.1. The van der Waals surface area contributed by atoms with Crippen molar-refractivity contribution in [2.24, 2.45) is 0 Å². The summed E-state index contributed by atoms with van der Waals surface area (Å²) < 4.78 is 5.33. The second-order valence-corrected chi connectivity index (χ2v) is 9.54. The maximum atomic E-state index is 12.6. The van der Waals surface area contributed by atoms with E-state index in [9.17, 15) is 9.59 Å². The van der Waals surface area contributed by atoms with Crippen LogP contribution in [0.2, 0.25) is 0 Å². The van der Waals surface area contributed by atoms with Gasteiger partial charge in [-0.05, 0) is 43.7 Å². The molecule has 1 aliphatic heterocycles. The summed E-state index contributed by atoms with van der Waals surface area (Å²) in [6.45, 7) is 6.29. The molecule has 0 aliphatic carbocycles. The molecule has 3 aromatic rings. The number of nitrogens with zero attached hydrogens (tertiary/aromatic N) is 2. The molecule has 0 spiro atoms. The van der Waals surface area contributed by atoms with Gasteiger partial charge in [-0.15, -0.1) is 11.3 Å². The lowest BCUT2D eigenvalue weighted by molar-refractivity contribution is 0.0944. The smallest absolute Gasteiger partial charge is 0.325 e. The Morgan fingerprint density at radius 1 is 1.15 bits per heavy atom. The summed E-state index contributed by atoms with van der Waals surface area (Å²) in [7, 11) is 1.67. The standard InChI is InChI=1S/C25H29N5O3S/c1-16(2)26-23(31)19-9-4-5-10-20(19)27-24(32)29-25-28-21-11-12-30(15-22(21)34-25)14-17-7-6-8-18(13-17)33-3/h4-10,13,16H,11-12,14-15H2,1-3H3,(H,26,31)(H2,27,28,29,32). The Kier molecular flexibility index (Phi) is 7.44. The van der Waals surface area contributed by atoms with Gasteiger partial charge in [0.05, 0.1) is 24.1 Å².